The molecule has 4 heterocycles. The summed E-state index contributed by atoms with van der Waals surface area (Å²) in [5.74, 6) is -12.0. The van der Waals surface area contributed by atoms with Gasteiger partial charge < -0.3 is 60.0 Å². The molecule has 7 fully saturated rings. The first-order valence-electron chi connectivity index (χ1n) is 36.2. The van der Waals surface area contributed by atoms with Crippen LogP contribution < -0.4 is 16.0 Å². The van der Waals surface area contributed by atoms with E-state index in [1.54, 1.807) is 18.7 Å². The van der Waals surface area contributed by atoms with Crippen LogP contribution in [0, 0.1) is 35.5 Å². The van der Waals surface area contributed by atoms with E-state index in [-0.39, 0.29) is 76.3 Å². The van der Waals surface area contributed by atoms with E-state index in [4.69, 9.17) is 0 Å². The van der Waals surface area contributed by atoms with Crippen molar-refractivity contribution in [2.75, 3.05) is 75.0 Å². The second-order valence-corrected chi connectivity index (χ2v) is 30.1. The van der Waals surface area contributed by atoms with E-state index >= 15 is 23.6 Å². The number of hydrogen-bond acceptors (Lipinski definition) is 12. The molecule has 1 spiro atoms. The molecule has 3 N–H and O–H groups in total. The van der Waals surface area contributed by atoms with Gasteiger partial charge in [-0.25, -0.2) is 4.39 Å². The van der Waals surface area contributed by atoms with Gasteiger partial charge in [0, 0.05) is 68.5 Å². The largest absolute Gasteiger partial charge is 0.394 e. The Morgan fingerprint density at radius 1 is 0.602 bits per heavy atom. The molecule has 4 aliphatic heterocycles. The SMILES string of the molecule is CC[C@H](C)[C@@H]1NC(=O)[C@H](CC(C)C)N(C)C(=O)C[C@@H](C(=O)N2CCCC2)N(C)C(=O)[C@H]([C@@H](C)CC)N(C)C(=O)C2(CCCC2)NC(=O)[C@@H]2CCCN2C(=O)[C@H](CCC2CCC(C(F)(F)F)C(F)C2)NC(=O)CN(C)C(=O)[C@H](C2CCCC2)N(C)C(=O)[C@@H]2CCN2C(=O)[C@H](C)N(C)C1=O. The molecule has 4 saturated heterocycles. The van der Waals surface area contributed by atoms with Crippen molar-refractivity contribution in [1.29, 1.82) is 0 Å². The number of halogens is 4. The van der Waals surface area contributed by atoms with E-state index in [9.17, 15) is 51.5 Å². The van der Waals surface area contributed by atoms with Gasteiger partial charge in [-0.1, -0.05) is 80.1 Å². The average molecular weight is 1390 g/mol. The van der Waals surface area contributed by atoms with Gasteiger partial charge in [-0.2, -0.15) is 13.2 Å². The predicted molar refractivity (Wildman–Crippen MR) is 356 cm³/mol. The number of carbonyl (C=O) groups is 12. The highest BCUT2D eigenvalue weighted by Gasteiger charge is 2.53. The van der Waals surface area contributed by atoms with Crippen LogP contribution in [0.4, 0.5) is 17.6 Å². The number of nitrogens with one attached hydrogen (secondary N) is 3. The highest BCUT2D eigenvalue weighted by molar-refractivity contribution is 6.01. The van der Waals surface area contributed by atoms with Crippen molar-refractivity contribution in [1.82, 2.24) is 60.0 Å². The van der Waals surface area contributed by atoms with Gasteiger partial charge in [-0.3, -0.25) is 57.5 Å². The van der Waals surface area contributed by atoms with Crippen molar-refractivity contribution in [3.05, 3.63) is 0 Å². The molecular formula is C70H112F4N12O12. The number of rotatable bonds is 11. The Labute approximate surface area is 576 Å². The summed E-state index contributed by atoms with van der Waals surface area (Å²) in [6, 6.07) is -11.0. The molecule has 24 nitrogen and oxygen atoms in total. The molecule has 0 radical (unpaired) electrons. The predicted octanol–water partition coefficient (Wildman–Crippen LogP) is 5.04. The summed E-state index contributed by atoms with van der Waals surface area (Å²) in [7, 11) is 8.59. The number of likely N-dealkylation sites (tertiary alicyclic amines) is 1. The van der Waals surface area contributed by atoms with Crippen LogP contribution in [-0.2, 0) is 57.5 Å². The molecule has 0 aromatic rings. The van der Waals surface area contributed by atoms with E-state index < -0.39 is 193 Å². The zero-order valence-electron chi connectivity index (χ0n) is 60.3. The van der Waals surface area contributed by atoms with Crippen LogP contribution in [-0.4, -0.2) is 262 Å². The van der Waals surface area contributed by atoms with Crippen LogP contribution >= 0.6 is 0 Å². The van der Waals surface area contributed by atoms with Crippen molar-refractivity contribution in [3.63, 3.8) is 0 Å². The topological polar surface area (TPSA) is 270 Å². The number of amides is 12. The number of alkyl halides is 4. The zero-order valence-corrected chi connectivity index (χ0v) is 60.3. The van der Waals surface area contributed by atoms with E-state index in [0.29, 0.717) is 70.9 Å². The van der Waals surface area contributed by atoms with Crippen molar-refractivity contribution in [2.45, 2.75) is 262 Å². The van der Waals surface area contributed by atoms with E-state index in [2.05, 4.69) is 16.0 Å². The van der Waals surface area contributed by atoms with E-state index in [1.807, 2.05) is 27.7 Å². The highest BCUT2D eigenvalue weighted by Crippen LogP contribution is 2.43. The lowest BCUT2D eigenvalue weighted by atomic mass is 9.78. The van der Waals surface area contributed by atoms with E-state index in [0.717, 1.165) is 17.7 Å². The molecular weight excluding hydrogens is 1280 g/mol. The summed E-state index contributed by atoms with van der Waals surface area (Å²) in [4.78, 5) is 191. The monoisotopic (exact) mass is 1390 g/mol. The zero-order chi connectivity index (χ0) is 72.6. The van der Waals surface area contributed by atoms with Gasteiger partial charge in [0.25, 0.3) is 0 Å². The molecule has 0 aromatic carbocycles. The van der Waals surface area contributed by atoms with Crippen LogP contribution in [0.2, 0.25) is 0 Å². The Morgan fingerprint density at radius 2 is 1.22 bits per heavy atom. The van der Waals surface area contributed by atoms with Gasteiger partial charge in [0.1, 0.15) is 66.1 Å². The van der Waals surface area contributed by atoms with Crippen LogP contribution in [0.25, 0.3) is 0 Å². The van der Waals surface area contributed by atoms with Gasteiger partial charge in [0.2, 0.25) is 70.9 Å². The summed E-state index contributed by atoms with van der Waals surface area (Å²) in [6.07, 6.45) is -1.63. The van der Waals surface area contributed by atoms with Crippen molar-refractivity contribution < 1.29 is 75.1 Å². The first kappa shape index (κ1) is 78.7. The molecule has 3 aliphatic carbocycles. The van der Waals surface area contributed by atoms with E-state index in [1.165, 1.54) is 83.5 Å². The van der Waals surface area contributed by atoms with Crippen LogP contribution in [0.5, 0.6) is 0 Å². The maximum Gasteiger partial charge on any atom is 0.394 e. The molecule has 3 unspecified atom stereocenters. The number of likely N-dealkylation sites (N-methyl/N-ethyl adjacent to an activating group) is 6. The number of fused-ring (bicyclic) bond motifs is 2. The van der Waals surface area contributed by atoms with Crippen LogP contribution in [0.3, 0.4) is 0 Å². The quantitative estimate of drug-likeness (QED) is 0.230. The van der Waals surface area contributed by atoms with Crippen molar-refractivity contribution >= 4 is 70.9 Å². The Balaban J connectivity index is 1.27. The fourth-order valence-corrected chi connectivity index (χ4v) is 16.2. The lowest BCUT2D eigenvalue weighted by Gasteiger charge is -2.45. The highest BCUT2D eigenvalue weighted by atomic mass is 19.4. The molecule has 3 saturated carbocycles. The molecule has 0 bridgehead atoms. The Hall–Kier alpha value is -6.64. The Bertz CT molecular complexity index is 2900. The average Bonchev–Trinajstić information content (AvgIpc) is 1.54. The normalized spacial score (nSPS) is 31.4. The maximum atomic E-state index is 15.5. The van der Waals surface area contributed by atoms with Crippen molar-refractivity contribution in [2.24, 2.45) is 35.5 Å². The summed E-state index contributed by atoms with van der Waals surface area (Å²) in [6.45, 7) is 12.8. The Morgan fingerprint density at radius 3 is 1.80 bits per heavy atom. The summed E-state index contributed by atoms with van der Waals surface area (Å²) >= 11 is 0. The van der Waals surface area contributed by atoms with Gasteiger partial charge >= 0.3 is 6.18 Å². The summed E-state index contributed by atoms with van der Waals surface area (Å²) in [5.41, 5.74) is -1.58. The van der Waals surface area contributed by atoms with Crippen molar-refractivity contribution in [3.8, 4) is 0 Å². The molecule has 0 aromatic heterocycles. The Kier molecular flexibility index (Phi) is 27.0. The molecule has 552 valence electrons. The van der Waals surface area contributed by atoms with Crippen LogP contribution in [0.1, 0.15) is 190 Å². The first-order valence-corrected chi connectivity index (χ1v) is 36.2. The van der Waals surface area contributed by atoms with Gasteiger partial charge in [-0.15, -0.1) is 0 Å². The molecule has 98 heavy (non-hydrogen) atoms. The third-order valence-corrected chi connectivity index (χ3v) is 23.1. The third-order valence-electron chi connectivity index (χ3n) is 23.1. The number of nitrogens with zero attached hydrogens (tertiary/aromatic N) is 9. The van der Waals surface area contributed by atoms with Gasteiger partial charge in [-0.05, 0) is 133 Å². The fourth-order valence-electron chi connectivity index (χ4n) is 16.2. The minimum Gasteiger partial charge on any atom is -0.343 e. The number of carbonyl (C=O) groups excluding carboxylic acids is 12. The second-order valence-electron chi connectivity index (χ2n) is 30.1. The molecule has 7 rings (SSSR count). The lowest BCUT2D eigenvalue weighted by Crippen LogP contribution is -2.65. The molecule has 14 atom stereocenters. The fraction of sp³-hybridized carbons (Fsp3) is 0.829. The molecule has 28 heteroatoms. The third kappa shape index (κ3) is 17.7. The standard InChI is InChI=1S/C70H112F4N12O12/c1-14-42(5)56-65(95)79(9)44(7)61(91)86-36-30-51(86)63(93)82(12)58(46-23-16-17-24-46)66(96)78(8)40-54(87)75-49(29-27-45-26-28-47(48(71)38-45)70(72,73)74)62(92)85-35-22-25-50(85)60(90)77-69(31-18-19-32-69)68(98)83(13)57(43(6)15-2)67(97)81(11)53(64(94)84-33-20-21-34-84)39-55(88)80(10)52(37-41(3)4)59(89)76-56/h41-53,56-58H,14-40H2,1-13H3,(H,75,87)(H,76,89)(H,77,90)/t42-,43-,44-,45?,47?,48?,49-,50-,51-,52-,53-,56-,57-,58-/m0/s1. The lowest BCUT2D eigenvalue weighted by molar-refractivity contribution is -0.201. The first-order chi connectivity index (χ1) is 46.1. The second kappa shape index (κ2) is 33.7. The minimum absolute atomic E-state index is 0.000312. The van der Waals surface area contributed by atoms with Gasteiger partial charge in [0.15, 0.2) is 0 Å². The minimum atomic E-state index is -4.75. The molecule has 12 amide bonds. The van der Waals surface area contributed by atoms with Crippen LogP contribution in [0.15, 0.2) is 0 Å². The maximum absolute atomic E-state index is 15.5. The summed E-state index contributed by atoms with van der Waals surface area (Å²) in [5, 5.41) is 8.73. The smallest absolute Gasteiger partial charge is 0.343 e. The molecule has 7 aliphatic rings. The van der Waals surface area contributed by atoms with Gasteiger partial charge in [0.05, 0.1) is 18.9 Å². The number of hydrogen-bond donors (Lipinski definition) is 3. The summed E-state index contributed by atoms with van der Waals surface area (Å²) < 4.78 is 56.8.